The maximum Gasteiger partial charge on any atom is 0.290 e. The molecule has 1 aliphatic heterocycles. The van der Waals surface area contributed by atoms with Crippen LogP contribution < -0.4 is 0 Å². The molecule has 1 amide bonds. The van der Waals surface area contributed by atoms with E-state index in [-0.39, 0.29) is 18.3 Å². The number of rotatable bonds is 8. The van der Waals surface area contributed by atoms with Gasteiger partial charge < -0.3 is 19.6 Å². The van der Waals surface area contributed by atoms with Crippen molar-refractivity contribution in [2.75, 3.05) is 26.2 Å². The number of benzene rings is 1. The number of aliphatic hydroxyl groups excluding tert-OH is 1. The van der Waals surface area contributed by atoms with Gasteiger partial charge in [-0.1, -0.05) is 35.5 Å². The van der Waals surface area contributed by atoms with Crippen molar-refractivity contribution in [2.24, 2.45) is 5.92 Å². The Morgan fingerprint density at radius 1 is 1.33 bits per heavy atom. The predicted octanol–water partition coefficient (Wildman–Crippen LogP) is 1.96. The monoisotopic (exact) mass is 417 g/mol. The van der Waals surface area contributed by atoms with Crippen LogP contribution in [0.5, 0.6) is 0 Å². The molecule has 164 valence electrons. The molecule has 0 bridgehead atoms. The number of carbonyl (C=O) groups is 2. The van der Waals surface area contributed by atoms with Crippen LogP contribution in [0.1, 0.15) is 30.4 Å². The first-order valence-electron chi connectivity index (χ1n) is 10.2. The molecule has 0 saturated carbocycles. The van der Waals surface area contributed by atoms with E-state index in [2.05, 4.69) is 10.1 Å². The zero-order chi connectivity index (χ0) is 21.9. The molecule has 2 atom stereocenters. The van der Waals surface area contributed by atoms with Gasteiger partial charge in [-0.05, 0) is 19.4 Å². The van der Waals surface area contributed by atoms with Crippen molar-refractivity contribution >= 4 is 12.4 Å². The van der Waals surface area contributed by atoms with Crippen LogP contribution in [0.3, 0.4) is 0 Å². The van der Waals surface area contributed by atoms with Crippen LogP contribution >= 0.6 is 0 Å². The van der Waals surface area contributed by atoms with Gasteiger partial charge in [0.15, 0.2) is 0 Å². The van der Waals surface area contributed by atoms with Crippen LogP contribution in [-0.2, 0) is 22.6 Å². The number of aromatic nitrogens is 1. The number of aliphatic hydroxyl groups is 1. The van der Waals surface area contributed by atoms with Crippen LogP contribution in [0.25, 0.3) is 0 Å². The minimum atomic E-state index is -0.392. The number of nitrogens with zero attached hydrogens (tertiary/aromatic N) is 3. The second kappa shape index (κ2) is 12.1. The fourth-order valence-electron chi connectivity index (χ4n) is 3.69. The van der Waals surface area contributed by atoms with Crippen molar-refractivity contribution in [3.8, 4) is 0 Å². The highest BCUT2D eigenvalue weighted by Gasteiger charge is 2.32. The lowest BCUT2D eigenvalue weighted by Gasteiger charge is -2.23. The van der Waals surface area contributed by atoms with E-state index in [0.717, 1.165) is 23.6 Å². The van der Waals surface area contributed by atoms with Crippen molar-refractivity contribution < 1.29 is 24.3 Å². The molecule has 8 heteroatoms. The fraction of sp³-hybridized carbons (Fsp3) is 0.500. The Morgan fingerprint density at radius 2 is 2.03 bits per heavy atom. The lowest BCUT2D eigenvalue weighted by atomic mass is 10.0. The quantitative estimate of drug-likeness (QED) is 0.632. The first-order chi connectivity index (χ1) is 14.5. The molecule has 3 rings (SSSR count). The molecule has 1 aromatic heterocycles. The zero-order valence-corrected chi connectivity index (χ0v) is 17.6. The summed E-state index contributed by atoms with van der Waals surface area (Å²) in [5, 5.41) is 21.1. The first kappa shape index (κ1) is 23.6. The Kier molecular flexibility index (Phi) is 9.50. The third-order valence-electron chi connectivity index (χ3n) is 5.21. The third kappa shape index (κ3) is 7.27. The molecule has 1 aromatic carbocycles. The number of β-amino-alcohol motifs (C(OH)–C–C–N with tert-alkyl or cyclic N) is 1. The van der Waals surface area contributed by atoms with Gasteiger partial charge in [0.2, 0.25) is 5.91 Å². The molecule has 0 radical (unpaired) electrons. The van der Waals surface area contributed by atoms with Crippen molar-refractivity contribution in [3.63, 3.8) is 0 Å². The third-order valence-corrected chi connectivity index (χ3v) is 5.21. The summed E-state index contributed by atoms with van der Waals surface area (Å²) in [4.78, 5) is 25.0. The van der Waals surface area contributed by atoms with E-state index >= 15 is 0 Å². The van der Waals surface area contributed by atoms with E-state index in [4.69, 9.17) is 14.4 Å². The fourth-order valence-corrected chi connectivity index (χ4v) is 3.69. The van der Waals surface area contributed by atoms with Crippen molar-refractivity contribution in [1.29, 1.82) is 0 Å². The molecule has 2 aromatic rings. The summed E-state index contributed by atoms with van der Waals surface area (Å²) in [6, 6.07) is 12.0. The van der Waals surface area contributed by atoms with Crippen molar-refractivity contribution in [2.45, 2.75) is 39.3 Å². The summed E-state index contributed by atoms with van der Waals surface area (Å²) in [5.41, 5.74) is 2.00. The molecule has 1 aliphatic rings. The highest BCUT2D eigenvalue weighted by Crippen LogP contribution is 2.22. The van der Waals surface area contributed by atoms with Crippen LogP contribution in [0.2, 0.25) is 0 Å². The van der Waals surface area contributed by atoms with E-state index < -0.39 is 6.10 Å². The van der Waals surface area contributed by atoms with Gasteiger partial charge in [0.25, 0.3) is 6.47 Å². The van der Waals surface area contributed by atoms with Gasteiger partial charge in [0.1, 0.15) is 5.76 Å². The van der Waals surface area contributed by atoms with Crippen LogP contribution in [0.4, 0.5) is 0 Å². The van der Waals surface area contributed by atoms with E-state index in [0.29, 0.717) is 39.0 Å². The zero-order valence-electron chi connectivity index (χ0n) is 17.6. The number of carboxylic acid groups (broad SMARTS) is 1. The number of amides is 1. The number of hydrogen-bond acceptors (Lipinski definition) is 6. The topological polar surface area (TPSA) is 107 Å². The van der Waals surface area contributed by atoms with Gasteiger partial charge in [-0.25, -0.2) is 0 Å². The summed E-state index contributed by atoms with van der Waals surface area (Å²) in [5.74, 6) is 1.10. The van der Waals surface area contributed by atoms with E-state index in [1.165, 1.54) is 0 Å². The number of carbonyl (C=O) groups excluding carboxylic acids is 1. The standard InChI is InChI=1S/C21H29N3O3.CH2O2/c1-3-24(13-17-7-5-4-6-8-17)21(26)9-10-23-14-18(20(25)15-23)12-19-11-16(2)22-27-19;2-1-3/h4-8,11,18,20,25H,3,9-10,12-15H2,1-2H3;1H,(H,2,3)/t18-,20+;/m1./s1. The summed E-state index contributed by atoms with van der Waals surface area (Å²) in [6.07, 6.45) is 0.764. The molecule has 1 saturated heterocycles. The van der Waals surface area contributed by atoms with Gasteiger partial charge in [0.05, 0.1) is 11.8 Å². The summed E-state index contributed by atoms with van der Waals surface area (Å²) < 4.78 is 5.27. The Hall–Kier alpha value is -2.71. The molecule has 2 N–H and O–H groups in total. The molecular formula is C22H31N3O5. The molecule has 0 aliphatic carbocycles. The Bertz CT molecular complexity index is 780. The normalized spacial score (nSPS) is 18.5. The molecule has 30 heavy (non-hydrogen) atoms. The Morgan fingerprint density at radius 3 is 2.63 bits per heavy atom. The van der Waals surface area contributed by atoms with Gasteiger partial charge >= 0.3 is 0 Å². The Labute approximate surface area is 177 Å². The minimum Gasteiger partial charge on any atom is -0.483 e. The lowest BCUT2D eigenvalue weighted by molar-refractivity contribution is -0.132. The summed E-state index contributed by atoms with van der Waals surface area (Å²) >= 11 is 0. The summed E-state index contributed by atoms with van der Waals surface area (Å²) in [7, 11) is 0. The van der Waals surface area contributed by atoms with Gasteiger partial charge in [0, 0.05) is 57.5 Å². The molecule has 0 unspecified atom stereocenters. The second-order valence-electron chi connectivity index (χ2n) is 7.47. The highest BCUT2D eigenvalue weighted by atomic mass is 16.5. The molecule has 1 fully saturated rings. The highest BCUT2D eigenvalue weighted by molar-refractivity contribution is 5.76. The van der Waals surface area contributed by atoms with Crippen molar-refractivity contribution in [1.82, 2.24) is 15.0 Å². The van der Waals surface area contributed by atoms with Crippen molar-refractivity contribution in [3.05, 3.63) is 53.4 Å². The average Bonchev–Trinajstić information content (AvgIpc) is 3.30. The van der Waals surface area contributed by atoms with E-state index in [9.17, 15) is 9.90 Å². The number of hydrogen-bond donors (Lipinski definition) is 2. The van der Waals surface area contributed by atoms with Crippen LogP contribution in [0, 0.1) is 12.8 Å². The predicted molar refractivity (Wildman–Crippen MR) is 112 cm³/mol. The summed E-state index contributed by atoms with van der Waals surface area (Å²) in [6.45, 7) is 7.05. The maximum atomic E-state index is 12.6. The van der Waals surface area contributed by atoms with Crippen LogP contribution in [-0.4, -0.2) is 69.8 Å². The van der Waals surface area contributed by atoms with E-state index in [1.54, 1.807) is 0 Å². The van der Waals surface area contributed by atoms with Gasteiger partial charge in [-0.3, -0.25) is 14.5 Å². The number of aryl methyl sites for hydroxylation is 1. The molecule has 8 nitrogen and oxygen atoms in total. The SMILES string of the molecule is CCN(Cc1ccccc1)C(=O)CCN1C[C@@H](Cc2cc(C)no2)[C@@H](O)C1.O=CO. The first-order valence-corrected chi connectivity index (χ1v) is 10.2. The van der Waals surface area contributed by atoms with Gasteiger partial charge in [-0.15, -0.1) is 0 Å². The smallest absolute Gasteiger partial charge is 0.290 e. The Balaban J connectivity index is 0.00000101. The van der Waals surface area contributed by atoms with Gasteiger partial charge in [-0.2, -0.15) is 0 Å². The molecule has 2 heterocycles. The minimum absolute atomic E-state index is 0.124. The van der Waals surface area contributed by atoms with Crippen LogP contribution in [0.15, 0.2) is 40.9 Å². The molecular weight excluding hydrogens is 386 g/mol. The molecule has 0 spiro atoms. The van der Waals surface area contributed by atoms with E-state index in [1.807, 2.05) is 55.1 Å². The number of likely N-dealkylation sites (tertiary alicyclic amines) is 1. The largest absolute Gasteiger partial charge is 0.483 e. The lowest BCUT2D eigenvalue weighted by Crippen LogP contribution is -2.34. The average molecular weight is 418 g/mol. The second-order valence-corrected chi connectivity index (χ2v) is 7.47. The maximum absolute atomic E-state index is 12.6.